The van der Waals surface area contributed by atoms with Gasteiger partial charge in [0.15, 0.2) is 6.10 Å². The molecule has 0 spiro atoms. The molecule has 6 bridgehead atoms. The molecule has 0 aliphatic carbocycles. The van der Waals surface area contributed by atoms with Crippen molar-refractivity contribution in [2.24, 2.45) is 0 Å². The number of aryl methyl sites for hydroxylation is 1. The molecule has 48 heavy (non-hydrogen) atoms. The number of hydrogen-bond donors (Lipinski definition) is 1. The molecule has 1 N–H and O–H groups in total. The largest absolute Gasteiger partial charge is 0.488 e. The maximum Gasteiger partial charge on any atom is 0.337 e. The van der Waals surface area contributed by atoms with Crippen molar-refractivity contribution in [1.82, 2.24) is 9.38 Å². The van der Waals surface area contributed by atoms with E-state index >= 15 is 0 Å². The molecule has 4 aromatic rings. The Morgan fingerprint density at radius 3 is 2.52 bits per heavy atom. The number of nitrogens with zero attached hydrogens (tertiary/aromatic N) is 3. The quantitative estimate of drug-likeness (QED) is 0.226. The van der Waals surface area contributed by atoms with Gasteiger partial charge in [-0.1, -0.05) is 18.2 Å². The second-order valence-electron chi connectivity index (χ2n) is 14.3. The smallest absolute Gasteiger partial charge is 0.337 e. The van der Waals surface area contributed by atoms with Crippen molar-refractivity contribution in [3.63, 3.8) is 0 Å². The summed E-state index contributed by atoms with van der Waals surface area (Å²) in [7, 11) is 0. The Balaban J connectivity index is 1.56. The lowest BCUT2D eigenvalue weighted by atomic mass is 9.92. The van der Waals surface area contributed by atoms with Crippen molar-refractivity contribution in [2.75, 3.05) is 37.8 Å². The van der Waals surface area contributed by atoms with Gasteiger partial charge in [0, 0.05) is 36.0 Å². The number of pyridine rings is 1. The van der Waals surface area contributed by atoms with Crippen LogP contribution in [0.3, 0.4) is 0 Å². The third-order valence-corrected chi connectivity index (χ3v) is 9.33. The van der Waals surface area contributed by atoms with Crippen LogP contribution in [0.4, 0.5) is 10.2 Å². The Kier molecular flexibility index (Phi) is 9.28. The predicted octanol–water partition coefficient (Wildman–Crippen LogP) is 7.54. The van der Waals surface area contributed by atoms with Gasteiger partial charge in [-0.15, -0.1) is 0 Å². The number of anilines is 1. The molecule has 0 saturated carbocycles. The van der Waals surface area contributed by atoms with Crippen molar-refractivity contribution >= 4 is 17.4 Å². The summed E-state index contributed by atoms with van der Waals surface area (Å²) < 4.78 is 41.5. The molecule has 0 amide bonds. The molecule has 2 atom stereocenters. The van der Waals surface area contributed by atoms with Crippen LogP contribution in [0, 0.1) is 19.7 Å². The number of carboxylic acid groups (broad SMARTS) is 1. The van der Waals surface area contributed by atoms with Gasteiger partial charge >= 0.3 is 5.97 Å². The molecule has 1 saturated heterocycles. The maximum absolute atomic E-state index is 14.6. The maximum atomic E-state index is 14.6. The fourth-order valence-corrected chi connectivity index (χ4v) is 6.70. The lowest BCUT2D eigenvalue weighted by Crippen LogP contribution is -2.46. The Morgan fingerprint density at radius 1 is 1.08 bits per heavy atom. The van der Waals surface area contributed by atoms with Crippen molar-refractivity contribution in [2.45, 2.75) is 84.7 Å². The number of hydrogen-bond acceptors (Lipinski definition) is 7. The Bertz CT molecular complexity index is 1820. The standard InChI is InChI=1S/C38H46FN3O6/c1-23-22-45-17-18-46-38(7)13-15-41(16-14-38)35-32(33(36(43)44)48-37(4,5)6)24(2)25(3)34-40-30(21-42(34)35)27-10-8-9-26(19-27)29-20-28(39)11-12-31(29)47-23/h8-12,19-21,23,33H,13-18,22H2,1-7H3,(H,43,44)/t23-,33-/m0/s1. The summed E-state index contributed by atoms with van der Waals surface area (Å²) >= 11 is 0. The van der Waals surface area contributed by atoms with Gasteiger partial charge in [0.25, 0.3) is 0 Å². The average molecular weight is 660 g/mol. The van der Waals surface area contributed by atoms with E-state index in [9.17, 15) is 14.3 Å². The zero-order chi connectivity index (χ0) is 34.4. The molecular weight excluding hydrogens is 613 g/mol. The molecule has 7 rings (SSSR count). The van der Waals surface area contributed by atoms with Crippen molar-refractivity contribution in [1.29, 1.82) is 0 Å². The molecule has 3 aliphatic heterocycles. The highest BCUT2D eigenvalue weighted by atomic mass is 19.1. The van der Waals surface area contributed by atoms with E-state index in [-0.39, 0.29) is 17.5 Å². The Labute approximate surface area is 281 Å². The van der Waals surface area contributed by atoms with E-state index in [1.807, 2.05) is 76.4 Å². The van der Waals surface area contributed by atoms with Crippen LogP contribution in [0.1, 0.15) is 70.3 Å². The van der Waals surface area contributed by atoms with Gasteiger partial charge in [0.05, 0.1) is 36.7 Å². The van der Waals surface area contributed by atoms with Crippen LogP contribution in [0.15, 0.2) is 48.7 Å². The van der Waals surface area contributed by atoms with E-state index in [1.54, 1.807) is 6.07 Å². The van der Waals surface area contributed by atoms with Gasteiger partial charge in [-0.25, -0.2) is 14.2 Å². The van der Waals surface area contributed by atoms with Gasteiger partial charge in [-0.3, -0.25) is 4.40 Å². The number of piperidine rings is 1. The lowest BCUT2D eigenvalue weighted by molar-refractivity contribution is -0.160. The molecule has 9 nitrogen and oxygen atoms in total. The number of carbonyl (C=O) groups is 1. The molecule has 3 aliphatic rings. The van der Waals surface area contributed by atoms with Crippen LogP contribution < -0.4 is 9.64 Å². The Hall–Kier alpha value is -3.99. The number of aromatic nitrogens is 2. The number of fused-ring (bicyclic) bond motifs is 8. The zero-order valence-corrected chi connectivity index (χ0v) is 28.9. The van der Waals surface area contributed by atoms with Gasteiger partial charge in [-0.2, -0.15) is 0 Å². The van der Waals surface area contributed by atoms with Gasteiger partial charge in [0.1, 0.15) is 29.1 Å². The fourth-order valence-electron chi connectivity index (χ4n) is 6.70. The summed E-state index contributed by atoms with van der Waals surface area (Å²) in [6.07, 6.45) is 2.00. The van der Waals surface area contributed by atoms with Crippen LogP contribution in [0.5, 0.6) is 5.75 Å². The first-order valence-electron chi connectivity index (χ1n) is 16.7. The molecule has 10 heteroatoms. The first kappa shape index (κ1) is 33.9. The normalized spacial score (nSPS) is 21.2. The molecule has 256 valence electrons. The third kappa shape index (κ3) is 6.92. The van der Waals surface area contributed by atoms with Crippen LogP contribution in [-0.4, -0.2) is 70.7 Å². The van der Waals surface area contributed by atoms with E-state index in [4.69, 9.17) is 23.9 Å². The number of aliphatic carboxylic acids is 1. The summed E-state index contributed by atoms with van der Waals surface area (Å²) in [6, 6.07) is 12.3. The molecule has 0 radical (unpaired) electrons. The van der Waals surface area contributed by atoms with E-state index in [0.717, 1.165) is 46.6 Å². The molecule has 1 fully saturated rings. The number of ether oxygens (including phenoxy) is 4. The van der Waals surface area contributed by atoms with E-state index in [0.29, 0.717) is 55.5 Å². The zero-order valence-electron chi connectivity index (χ0n) is 28.9. The first-order valence-corrected chi connectivity index (χ1v) is 16.7. The predicted molar refractivity (Wildman–Crippen MR) is 183 cm³/mol. The number of carboxylic acids is 1. The first-order chi connectivity index (χ1) is 22.7. The van der Waals surface area contributed by atoms with Gasteiger partial charge in [0.2, 0.25) is 0 Å². The monoisotopic (exact) mass is 659 g/mol. The summed E-state index contributed by atoms with van der Waals surface area (Å²) in [6.45, 7) is 16.1. The SMILES string of the molecule is Cc1c([C@H](OC(C)(C)C)C(=O)O)c2n3cc(nc3c1C)-c1cccc(c1)-c1cc(F)ccc1O[C@@H](C)COCCOC1(C)CCN2CC1. The van der Waals surface area contributed by atoms with Crippen LogP contribution in [0.25, 0.3) is 28.0 Å². The van der Waals surface area contributed by atoms with Gasteiger partial charge < -0.3 is 29.0 Å². The summed E-state index contributed by atoms with van der Waals surface area (Å²) in [5.41, 5.74) is 4.95. The van der Waals surface area contributed by atoms with Gasteiger partial charge in [-0.05, 0) is 102 Å². The molecule has 2 aromatic carbocycles. The molecule has 0 unspecified atom stereocenters. The van der Waals surface area contributed by atoms with Crippen LogP contribution >= 0.6 is 0 Å². The summed E-state index contributed by atoms with van der Waals surface area (Å²) in [4.78, 5) is 20.3. The number of benzene rings is 2. The average Bonchev–Trinajstić information content (AvgIpc) is 3.48. The number of rotatable bonds is 3. The summed E-state index contributed by atoms with van der Waals surface area (Å²) in [5.74, 6) is -0.0958. The van der Waals surface area contributed by atoms with Crippen molar-refractivity contribution < 1.29 is 33.2 Å². The Morgan fingerprint density at radius 2 is 1.81 bits per heavy atom. The second kappa shape index (κ2) is 13.1. The highest BCUT2D eigenvalue weighted by Crippen LogP contribution is 2.41. The van der Waals surface area contributed by atoms with Crippen molar-refractivity contribution in [3.05, 3.63) is 71.2 Å². The highest BCUT2D eigenvalue weighted by molar-refractivity contribution is 5.81. The van der Waals surface area contributed by atoms with Crippen LogP contribution in [0.2, 0.25) is 0 Å². The summed E-state index contributed by atoms with van der Waals surface area (Å²) in [5, 5.41) is 10.6. The fraction of sp³-hybridized carbons (Fsp3) is 0.474. The van der Waals surface area contributed by atoms with E-state index in [1.165, 1.54) is 12.1 Å². The number of halogens is 1. The van der Waals surface area contributed by atoms with Crippen molar-refractivity contribution in [3.8, 4) is 28.1 Å². The minimum atomic E-state index is -1.20. The second-order valence-corrected chi connectivity index (χ2v) is 14.3. The van der Waals surface area contributed by atoms with E-state index in [2.05, 4.69) is 11.8 Å². The number of imidazole rings is 1. The molecule has 2 aromatic heterocycles. The highest BCUT2D eigenvalue weighted by Gasteiger charge is 2.38. The minimum absolute atomic E-state index is 0.268. The molecular formula is C38H46FN3O6. The molecule has 5 heterocycles. The van der Waals surface area contributed by atoms with Crippen LogP contribution in [-0.2, 0) is 19.0 Å². The minimum Gasteiger partial charge on any atom is -0.488 e. The third-order valence-electron chi connectivity index (χ3n) is 9.33. The lowest BCUT2D eigenvalue weighted by Gasteiger charge is -2.42. The topological polar surface area (TPSA) is 94.8 Å². The van der Waals surface area contributed by atoms with E-state index < -0.39 is 17.7 Å².